The van der Waals surface area contributed by atoms with Crippen molar-refractivity contribution in [1.82, 2.24) is 5.32 Å². The molecule has 0 fully saturated rings. The first-order valence-electron chi connectivity index (χ1n) is 2.82. The smallest absolute Gasteiger partial charge is 0.347 e. The van der Waals surface area contributed by atoms with E-state index in [1.54, 1.807) is 11.6 Å². The van der Waals surface area contributed by atoms with Gasteiger partial charge < -0.3 is 5.32 Å². The van der Waals surface area contributed by atoms with Crippen LogP contribution in [0.15, 0.2) is 0 Å². The number of thioether (sulfide) groups is 1. The maximum absolute atomic E-state index is 11.5. The quantitative estimate of drug-likeness (QED) is 0.668. The molecule has 0 heterocycles. The molecule has 0 aromatic carbocycles. The highest BCUT2D eigenvalue weighted by molar-refractivity contribution is 7.98. The van der Waals surface area contributed by atoms with Crippen molar-refractivity contribution in [2.75, 3.05) is 18.6 Å². The molecule has 0 rings (SSSR count). The van der Waals surface area contributed by atoms with Crippen LogP contribution in [-0.4, -0.2) is 30.6 Å². The third-order valence-electron chi connectivity index (χ3n) is 0.849. The molecule has 0 bridgehead atoms. The summed E-state index contributed by atoms with van der Waals surface area (Å²) < 4.78 is 34.4. The number of halogens is 3. The Balaban J connectivity index is 3.54. The predicted molar refractivity (Wildman–Crippen MR) is 37.4 cm³/mol. The first-order chi connectivity index (χ1) is 4.98. The van der Waals surface area contributed by atoms with Gasteiger partial charge in [0.15, 0.2) is 0 Å². The number of carbonyl (C=O) groups excluding carboxylic acids is 1. The molecule has 0 aliphatic carbocycles. The van der Waals surface area contributed by atoms with E-state index in [1.165, 1.54) is 11.8 Å². The average Bonchev–Trinajstić information content (AvgIpc) is 1.86. The fourth-order valence-corrected chi connectivity index (χ4v) is 0.673. The Morgan fingerprint density at radius 2 is 2.09 bits per heavy atom. The highest BCUT2D eigenvalue weighted by atomic mass is 32.2. The lowest BCUT2D eigenvalue weighted by molar-refractivity contribution is -0.173. The number of nitrogens with one attached hydrogen (secondary N) is 1. The summed E-state index contributed by atoms with van der Waals surface area (Å²) in [6, 6.07) is 0. The van der Waals surface area contributed by atoms with Crippen molar-refractivity contribution in [2.24, 2.45) is 0 Å². The molecule has 0 saturated heterocycles. The summed E-state index contributed by atoms with van der Waals surface area (Å²) >= 11 is 1.37. The van der Waals surface area contributed by atoms with Crippen molar-refractivity contribution < 1.29 is 18.0 Å². The fourth-order valence-electron chi connectivity index (χ4n) is 0.367. The van der Waals surface area contributed by atoms with E-state index in [1.807, 2.05) is 0 Å². The summed E-state index contributed by atoms with van der Waals surface area (Å²) in [6.07, 6.45) is -3.00. The second kappa shape index (κ2) is 4.48. The molecule has 6 heteroatoms. The molecule has 0 radical (unpaired) electrons. The van der Waals surface area contributed by atoms with Crippen molar-refractivity contribution in [3.8, 4) is 0 Å². The molecule has 11 heavy (non-hydrogen) atoms. The molecular weight excluding hydrogens is 179 g/mol. The van der Waals surface area contributed by atoms with Crippen molar-refractivity contribution >= 4 is 17.7 Å². The lowest BCUT2D eigenvalue weighted by Gasteiger charge is -2.05. The summed E-state index contributed by atoms with van der Waals surface area (Å²) in [7, 11) is 0. The number of hydrogen-bond acceptors (Lipinski definition) is 2. The van der Waals surface area contributed by atoms with Gasteiger partial charge in [-0.05, 0) is 6.26 Å². The van der Waals surface area contributed by atoms with E-state index >= 15 is 0 Å². The number of hydrogen-bond donors (Lipinski definition) is 1. The molecule has 2 nitrogen and oxygen atoms in total. The van der Waals surface area contributed by atoms with Gasteiger partial charge in [0.1, 0.15) is 0 Å². The van der Waals surface area contributed by atoms with Crippen LogP contribution in [0.3, 0.4) is 0 Å². The number of rotatable bonds is 3. The van der Waals surface area contributed by atoms with Crippen LogP contribution in [0.1, 0.15) is 0 Å². The summed E-state index contributed by atoms with van der Waals surface area (Å²) in [5.74, 6) is -1.38. The topological polar surface area (TPSA) is 29.1 Å². The summed E-state index contributed by atoms with van der Waals surface area (Å²) in [5, 5.41) is 1.74. The second-order valence-corrected chi connectivity index (χ2v) is 2.73. The largest absolute Gasteiger partial charge is 0.471 e. The standard InChI is InChI=1S/C5H8F3NOS/c1-11-3-2-9-4(10)5(6,7)8/h2-3H2,1H3,(H,9,10). The third-order valence-corrected chi connectivity index (χ3v) is 1.46. The Morgan fingerprint density at radius 3 is 2.45 bits per heavy atom. The molecule has 66 valence electrons. The molecule has 0 aliphatic rings. The minimum absolute atomic E-state index is 0.0551. The Bertz CT molecular complexity index is 136. The first-order valence-corrected chi connectivity index (χ1v) is 4.22. The third kappa shape index (κ3) is 4.94. The van der Waals surface area contributed by atoms with Crippen molar-refractivity contribution in [3.05, 3.63) is 0 Å². The molecule has 0 aliphatic heterocycles. The van der Waals surface area contributed by atoms with Crippen LogP contribution in [0.4, 0.5) is 13.2 Å². The van der Waals surface area contributed by atoms with Gasteiger partial charge in [-0.3, -0.25) is 4.79 Å². The average molecular weight is 187 g/mol. The van der Waals surface area contributed by atoms with Crippen molar-refractivity contribution in [1.29, 1.82) is 0 Å². The molecule has 1 amide bonds. The Kier molecular flexibility index (Phi) is 4.32. The summed E-state index contributed by atoms with van der Waals surface area (Å²) in [6.45, 7) is 0.0551. The first kappa shape index (κ1) is 10.6. The molecule has 0 unspecified atom stereocenters. The van der Waals surface area contributed by atoms with Crippen LogP contribution in [0.5, 0.6) is 0 Å². The van der Waals surface area contributed by atoms with Crippen LogP contribution >= 0.6 is 11.8 Å². The van der Waals surface area contributed by atoms with E-state index in [0.29, 0.717) is 5.75 Å². The Hall–Kier alpha value is -0.390. The molecule has 0 saturated carbocycles. The van der Waals surface area contributed by atoms with Crippen LogP contribution < -0.4 is 5.32 Å². The number of carbonyl (C=O) groups is 1. The minimum atomic E-state index is -4.75. The van der Waals surface area contributed by atoms with Gasteiger partial charge in [-0.2, -0.15) is 24.9 Å². The summed E-state index contributed by atoms with van der Waals surface area (Å²) in [4.78, 5) is 10.1. The molecular formula is C5H8F3NOS. The van der Waals surface area contributed by atoms with E-state index in [2.05, 4.69) is 0 Å². The maximum Gasteiger partial charge on any atom is 0.471 e. The van der Waals surface area contributed by atoms with Gasteiger partial charge in [0.25, 0.3) is 0 Å². The van der Waals surface area contributed by atoms with E-state index < -0.39 is 12.1 Å². The van der Waals surface area contributed by atoms with Gasteiger partial charge in [0.05, 0.1) is 0 Å². The molecule has 0 aromatic rings. The second-order valence-electron chi connectivity index (χ2n) is 1.75. The SMILES string of the molecule is CSCCNC(=O)C(F)(F)F. The Labute approximate surface area is 66.5 Å². The molecule has 0 spiro atoms. The number of amides is 1. The van der Waals surface area contributed by atoms with E-state index in [-0.39, 0.29) is 6.54 Å². The lowest BCUT2D eigenvalue weighted by Crippen LogP contribution is -2.37. The predicted octanol–water partition coefficient (Wildman–Crippen LogP) is 1.03. The van der Waals surface area contributed by atoms with Crippen LogP contribution in [0.25, 0.3) is 0 Å². The zero-order chi connectivity index (χ0) is 8.91. The van der Waals surface area contributed by atoms with E-state index in [4.69, 9.17) is 0 Å². The van der Waals surface area contributed by atoms with E-state index in [9.17, 15) is 18.0 Å². The van der Waals surface area contributed by atoms with Gasteiger partial charge in [-0.1, -0.05) is 0 Å². The van der Waals surface area contributed by atoms with E-state index in [0.717, 1.165) is 0 Å². The van der Waals surface area contributed by atoms with Gasteiger partial charge in [0, 0.05) is 12.3 Å². The summed E-state index contributed by atoms with van der Waals surface area (Å²) in [5.41, 5.74) is 0. The molecule has 0 aromatic heterocycles. The molecule has 0 atom stereocenters. The van der Waals surface area contributed by atoms with Crippen LogP contribution in [0, 0.1) is 0 Å². The monoisotopic (exact) mass is 187 g/mol. The van der Waals surface area contributed by atoms with Gasteiger partial charge in [-0.25, -0.2) is 0 Å². The minimum Gasteiger partial charge on any atom is -0.347 e. The van der Waals surface area contributed by atoms with Crippen molar-refractivity contribution in [3.63, 3.8) is 0 Å². The van der Waals surface area contributed by atoms with Gasteiger partial charge >= 0.3 is 12.1 Å². The highest BCUT2D eigenvalue weighted by Crippen LogP contribution is 2.13. The van der Waals surface area contributed by atoms with Gasteiger partial charge in [-0.15, -0.1) is 0 Å². The van der Waals surface area contributed by atoms with Crippen molar-refractivity contribution in [2.45, 2.75) is 6.18 Å². The zero-order valence-corrected chi connectivity index (χ0v) is 6.68. The zero-order valence-electron chi connectivity index (χ0n) is 5.86. The normalized spacial score (nSPS) is 11.3. The number of alkyl halides is 3. The highest BCUT2D eigenvalue weighted by Gasteiger charge is 2.37. The van der Waals surface area contributed by atoms with Crippen LogP contribution in [0.2, 0.25) is 0 Å². The molecule has 1 N–H and O–H groups in total. The fraction of sp³-hybridized carbons (Fsp3) is 0.800. The maximum atomic E-state index is 11.5. The van der Waals surface area contributed by atoms with Crippen LogP contribution in [-0.2, 0) is 4.79 Å². The Morgan fingerprint density at radius 1 is 1.55 bits per heavy atom. The van der Waals surface area contributed by atoms with Gasteiger partial charge in [0.2, 0.25) is 0 Å². The lowest BCUT2D eigenvalue weighted by atomic mass is 10.5.